The topological polar surface area (TPSA) is 90.3 Å². The molecule has 162 valence electrons. The molecule has 1 aromatic heterocycles. The van der Waals surface area contributed by atoms with E-state index < -0.39 is 23.9 Å². The zero-order valence-electron chi connectivity index (χ0n) is 17.2. The predicted molar refractivity (Wildman–Crippen MR) is 113 cm³/mol. The van der Waals surface area contributed by atoms with Crippen LogP contribution in [0.3, 0.4) is 0 Å². The first-order valence-corrected chi connectivity index (χ1v) is 9.96. The van der Waals surface area contributed by atoms with Gasteiger partial charge in [0.05, 0.1) is 11.4 Å². The number of carbonyl (C=O) groups excluding carboxylic acids is 2. The second-order valence-electron chi connectivity index (χ2n) is 7.50. The highest BCUT2D eigenvalue weighted by atomic mass is 19.1. The molecular formula is C21H22F2N6O2. The largest absolute Gasteiger partial charge is 0.365 e. The highest BCUT2D eigenvalue weighted by Gasteiger charge is 2.32. The van der Waals surface area contributed by atoms with Crippen LogP contribution in [0.25, 0.3) is 0 Å². The Labute approximate surface area is 178 Å². The highest BCUT2D eigenvalue weighted by molar-refractivity contribution is 6.43. The molecule has 10 heteroatoms. The summed E-state index contributed by atoms with van der Waals surface area (Å²) in [4.78, 5) is 39.0. The monoisotopic (exact) mass is 428 g/mol. The number of carbonyl (C=O) groups is 2. The Bertz CT molecular complexity index is 1050. The Morgan fingerprint density at radius 3 is 2.61 bits per heavy atom. The van der Waals surface area contributed by atoms with E-state index in [0.29, 0.717) is 49.7 Å². The molecule has 0 aromatic carbocycles. The highest BCUT2D eigenvalue weighted by Crippen LogP contribution is 2.26. The van der Waals surface area contributed by atoms with Gasteiger partial charge in [0.15, 0.2) is 6.17 Å². The molecule has 4 rings (SSSR count). The number of allylic oxidation sites excluding steroid dienone is 3. The normalized spacial score (nSPS) is 21.6. The average molecular weight is 428 g/mol. The van der Waals surface area contributed by atoms with Gasteiger partial charge in [-0.3, -0.25) is 14.5 Å². The van der Waals surface area contributed by atoms with Crippen LogP contribution in [0.4, 0.5) is 14.5 Å². The minimum Gasteiger partial charge on any atom is -0.365 e. The summed E-state index contributed by atoms with van der Waals surface area (Å²) in [5.74, 6) is -1.65. The number of pyridine rings is 1. The van der Waals surface area contributed by atoms with Gasteiger partial charge in [0.2, 0.25) is 5.95 Å². The summed E-state index contributed by atoms with van der Waals surface area (Å²) in [5, 5.41) is 2.42. The molecular weight excluding hydrogens is 406 g/mol. The van der Waals surface area contributed by atoms with Gasteiger partial charge in [0.1, 0.15) is 17.1 Å². The summed E-state index contributed by atoms with van der Waals surface area (Å²) in [6.45, 7) is 4.20. The Hall–Kier alpha value is -3.27. The van der Waals surface area contributed by atoms with Crippen molar-refractivity contribution in [3.8, 4) is 0 Å². The van der Waals surface area contributed by atoms with E-state index in [4.69, 9.17) is 0 Å². The number of anilines is 1. The molecule has 3 heterocycles. The number of amides is 2. The number of hydrogen-bond donors (Lipinski definition) is 1. The lowest BCUT2D eigenvalue weighted by Crippen LogP contribution is -2.48. The summed E-state index contributed by atoms with van der Waals surface area (Å²) in [6.07, 6.45) is 1.91. The first-order chi connectivity index (χ1) is 14.9. The Balaban J connectivity index is 1.40. The van der Waals surface area contributed by atoms with Gasteiger partial charge in [0, 0.05) is 39.8 Å². The third-order valence-corrected chi connectivity index (χ3v) is 5.51. The molecule has 1 unspecified atom stereocenters. The van der Waals surface area contributed by atoms with Gasteiger partial charge in [-0.05, 0) is 30.7 Å². The van der Waals surface area contributed by atoms with E-state index in [1.54, 1.807) is 25.1 Å². The quantitative estimate of drug-likeness (QED) is 0.731. The number of halogens is 2. The Morgan fingerprint density at radius 1 is 1.19 bits per heavy atom. The fourth-order valence-electron chi connectivity index (χ4n) is 3.74. The smallest absolute Gasteiger partial charge is 0.291 e. The first-order valence-electron chi connectivity index (χ1n) is 9.96. The van der Waals surface area contributed by atoms with Gasteiger partial charge in [0.25, 0.3) is 11.8 Å². The van der Waals surface area contributed by atoms with Crippen LogP contribution in [0.2, 0.25) is 0 Å². The summed E-state index contributed by atoms with van der Waals surface area (Å²) in [7, 11) is 1.46. The molecule has 1 aromatic rings. The van der Waals surface area contributed by atoms with Gasteiger partial charge >= 0.3 is 0 Å². The fraction of sp³-hybridized carbons (Fsp3) is 0.381. The molecule has 8 nitrogen and oxygen atoms in total. The Morgan fingerprint density at radius 2 is 1.94 bits per heavy atom. The van der Waals surface area contributed by atoms with E-state index in [1.807, 2.05) is 4.90 Å². The molecule has 1 saturated heterocycles. The molecule has 3 aliphatic rings. The lowest BCUT2D eigenvalue weighted by Gasteiger charge is -2.37. The van der Waals surface area contributed by atoms with Gasteiger partial charge in [-0.15, -0.1) is 0 Å². The van der Waals surface area contributed by atoms with Crippen molar-refractivity contribution in [2.75, 3.05) is 44.7 Å². The van der Waals surface area contributed by atoms with Crippen molar-refractivity contribution >= 4 is 28.9 Å². The maximum absolute atomic E-state index is 15.0. The third kappa shape index (κ3) is 4.15. The minimum absolute atomic E-state index is 0.0247. The van der Waals surface area contributed by atoms with Crippen LogP contribution in [0.15, 0.2) is 45.5 Å². The van der Waals surface area contributed by atoms with Crippen LogP contribution in [0.5, 0.6) is 0 Å². The lowest BCUT2D eigenvalue weighted by atomic mass is 9.96. The van der Waals surface area contributed by atoms with Crippen molar-refractivity contribution in [2.45, 2.75) is 13.1 Å². The number of rotatable bonds is 4. The molecule has 1 aliphatic carbocycles. The van der Waals surface area contributed by atoms with E-state index in [1.165, 1.54) is 13.1 Å². The average Bonchev–Trinajstić information content (AvgIpc) is 2.77. The molecule has 2 amide bonds. The van der Waals surface area contributed by atoms with E-state index >= 15 is 0 Å². The van der Waals surface area contributed by atoms with Gasteiger partial charge in [-0.25, -0.2) is 19.4 Å². The fourth-order valence-corrected chi connectivity index (χ4v) is 3.74. The van der Waals surface area contributed by atoms with E-state index in [0.717, 1.165) is 0 Å². The van der Waals surface area contributed by atoms with Crippen molar-refractivity contribution in [3.05, 3.63) is 47.2 Å². The van der Waals surface area contributed by atoms with Gasteiger partial charge in [-0.1, -0.05) is 6.08 Å². The molecule has 1 atom stereocenters. The van der Waals surface area contributed by atoms with Crippen LogP contribution in [0.1, 0.15) is 17.4 Å². The van der Waals surface area contributed by atoms with E-state index in [-0.39, 0.29) is 17.1 Å². The summed E-state index contributed by atoms with van der Waals surface area (Å²) < 4.78 is 29.4. The molecule has 31 heavy (non-hydrogen) atoms. The zero-order valence-corrected chi connectivity index (χ0v) is 17.2. The molecule has 1 N–H and O–H groups in total. The van der Waals surface area contributed by atoms with Crippen LogP contribution < -0.4 is 10.2 Å². The minimum atomic E-state index is -1.47. The second kappa shape index (κ2) is 8.46. The summed E-state index contributed by atoms with van der Waals surface area (Å²) >= 11 is 0. The maximum Gasteiger partial charge on any atom is 0.291 e. The van der Waals surface area contributed by atoms with Crippen LogP contribution in [-0.4, -0.2) is 79.1 Å². The molecule has 2 aliphatic heterocycles. The number of hydrogen-bond acceptors (Lipinski definition) is 6. The number of nitrogens with one attached hydrogen (secondary N) is 1. The molecule has 0 radical (unpaired) electrons. The van der Waals surface area contributed by atoms with E-state index in [9.17, 15) is 18.4 Å². The zero-order chi connectivity index (χ0) is 22.1. The number of fused-ring (bicyclic) bond motifs is 1. The predicted octanol–water partition coefficient (Wildman–Crippen LogP) is 1.31. The number of piperazine rings is 1. The second-order valence-corrected chi connectivity index (χ2v) is 7.50. The van der Waals surface area contributed by atoms with Crippen molar-refractivity contribution in [1.29, 1.82) is 0 Å². The van der Waals surface area contributed by atoms with Crippen molar-refractivity contribution in [1.82, 2.24) is 15.2 Å². The number of nitrogens with zero attached hydrogens (tertiary/aromatic N) is 5. The van der Waals surface area contributed by atoms with Gasteiger partial charge in [-0.2, -0.15) is 4.39 Å². The molecule has 0 spiro atoms. The number of aromatic nitrogens is 1. The maximum atomic E-state index is 15.0. The molecule has 1 fully saturated rings. The standard InChI is InChI=1S/C21H22F2N6O2/c1-12-20(30)27-18-14(25-12)4-3-13(17(18)22)11-28-7-9-29(10-8-28)16-6-5-15(21(31)24-2)26-19(16)23/h3-6,17H,7-11H2,1-2H3,(H,24,31). The SMILES string of the molecule is CNC(=O)c1ccc(N2CCN(CC3=CC=C4N=C(C)C(=O)N=C4C3F)CC2)c(F)n1. The lowest BCUT2D eigenvalue weighted by molar-refractivity contribution is -0.111. The van der Waals surface area contributed by atoms with Crippen LogP contribution >= 0.6 is 0 Å². The number of aliphatic imine (C=N–C) groups is 2. The van der Waals surface area contributed by atoms with Crippen molar-refractivity contribution < 1.29 is 18.4 Å². The third-order valence-electron chi connectivity index (χ3n) is 5.51. The summed E-state index contributed by atoms with van der Waals surface area (Å²) in [5.41, 5.74) is 1.58. The Kier molecular flexibility index (Phi) is 5.73. The first kappa shape index (κ1) is 21.0. The number of alkyl halides is 1. The van der Waals surface area contributed by atoms with Crippen molar-refractivity contribution in [2.24, 2.45) is 9.98 Å². The van der Waals surface area contributed by atoms with Crippen LogP contribution in [0, 0.1) is 5.95 Å². The van der Waals surface area contributed by atoms with Crippen molar-refractivity contribution in [3.63, 3.8) is 0 Å². The molecule has 0 saturated carbocycles. The molecule has 0 bridgehead atoms. The van der Waals surface area contributed by atoms with Gasteiger partial charge < -0.3 is 10.2 Å². The van der Waals surface area contributed by atoms with E-state index in [2.05, 4.69) is 25.2 Å². The summed E-state index contributed by atoms with van der Waals surface area (Å²) in [6, 6.07) is 3.04. The van der Waals surface area contributed by atoms with Crippen LogP contribution in [-0.2, 0) is 4.79 Å².